The van der Waals surface area contributed by atoms with Crippen molar-refractivity contribution < 1.29 is 22.7 Å². The highest BCUT2D eigenvalue weighted by atomic mass is 32.2. The van der Waals surface area contributed by atoms with Crippen molar-refractivity contribution in [1.82, 2.24) is 14.9 Å². The molecule has 0 spiro atoms. The van der Waals surface area contributed by atoms with Crippen molar-refractivity contribution in [3.8, 4) is 17.1 Å². The van der Waals surface area contributed by atoms with Gasteiger partial charge in [-0.2, -0.15) is 13.2 Å². The highest BCUT2D eigenvalue weighted by molar-refractivity contribution is 7.99. The van der Waals surface area contributed by atoms with Crippen LogP contribution in [0.3, 0.4) is 0 Å². The van der Waals surface area contributed by atoms with Crippen molar-refractivity contribution in [2.45, 2.75) is 18.3 Å². The van der Waals surface area contributed by atoms with E-state index < -0.39 is 17.6 Å². The van der Waals surface area contributed by atoms with Gasteiger partial charge in [0, 0.05) is 11.3 Å². The molecule has 3 N–H and O–H groups in total. The topological polar surface area (TPSA) is 95.1 Å². The second-order valence-electron chi connectivity index (χ2n) is 6.05. The van der Waals surface area contributed by atoms with Crippen molar-refractivity contribution in [3.05, 3.63) is 54.1 Å². The van der Waals surface area contributed by atoms with E-state index in [1.54, 1.807) is 24.3 Å². The highest BCUT2D eigenvalue weighted by Crippen LogP contribution is 2.30. The van der Waals surface area contributed by atoms with Gasteiger partial charge in [-0.05, 0) is 49.4 Å². The van der Waals surface area contributed by atoms with E-state index in [2.05, 4.69) is 15.5 Å². The fourth-order valence-corrected chi connectivity index (χ4v) is 3.20. The lowest BCUT2D eigenvalue weighted by Gasteiger charge is -2.09. The minimum absolute atomic E-state index is 0.0553. The van der Waals surface area contributed by atoms with Crippen LogP contribution < -0.4 is 15.9 Å². The molecule has 1 amide bonds. The highest BCUT2D eigenvalue weighted by Gasteiger charge is 2.30. The zero-order valence-corrected chi connectivity index (χ0v) is 16.6. The molecule has 7 nitrogen and oxygen atoms in total. The molecule has 0 fully saturated rings. The third-order valence-corrected chi connectivity index (χ3v) is 4.84. The molecule has 1 heterocycles. The number of rotatable bonds is 7. The van der Waals surface area contributed by atoms with Crippen molar-refractivity contribution in [1.29, 1.82) is 0 Å². The molecule has 0 radical (unpaired) electrons. The predicted molar refractivity (Wildman–Crippen MR) is 108 cm³/mol. The zero-order valence-electron chi connectivity index (χ0n) is 15.8. The van der Waals surface area contributed by atoms with E-state index in [0.29, 0.717) is 23.7 Å². The van der Waals surface area contributed by atoms with Gasteiger partial charge in [0.25, 0.3) is 0 Å². The lowest BCUT2D eigenvalue weighted by atomic mass is 10.2. The number of carbonyl (C=O) groups excluding carboxylic acids is 1. The van der Waals surface area contributed by atoms with Crippen molar-refractivity contribution >= 4 is 23.4 Å². The van der Waals surface area contributed by atoms with Crippen LogP contribution in [0.25, 0.3) is 11.4 Å². The minimum atomic E-state index is -4.48. The first-order valence-corrected chi connectivity index (χ1v) is 9.80. The number of thioether (sulfide) groups is 1. The Labute approximate surface area is 174 Å². The third-order valence-electron chi connectivity index (χ3n) is 3.89. The van der Waals surface area contributed by atoms with Crippen LogP contribution in [-0.4, -0.2) is 33.1 Å². The molecular weight excluding hydrogens is 419 g/mol. The number of anilines is 1. The molecule has 3 rings (SSSR count). The summed E-state index contributed by atoms with van der Waals surface area (Å²) >= 11 is 1.02. The molecule has 0 aliphatic rings. The Morgan fingerprint density at radius 1 is 1.20 bits per heavy atom. The summed E-state index contributed by atoms with van der Waals surface area (Å²) in [5, 5.41) is 10.7. The van der Waals surface area contributed by atoms with Crippen LogP contribution in [0, 0.1) is 0 Å². The first-order valence-electron chi connectivity index (χ1n) is 8.81. The van der Waals surface area contributed by atoms with E-state index in [0.717, 1.165) is 23.9 Å². The summed E-state index contributed by atoms with van der Waals surface area (Å²) in [6, 6.07) is 11.5. The van der Waals surface area contributed by atoms with E-state index in [4.69, 9.17) is 10.6 Å². The van der Waals surface area contributed by atoms with Gasteiger partial charge in [0.15, 0.2) is 5.82 Å². The van der Waals surface area contributed by atoms with Gasteiger partial charge < -0.3 is 15.9 Å². The van der Waals surface area contributed by atoms with Crippen LogP contribution >= 0.6 is 11.8 Å². The molecule has 1 aromatic heterocycles. The summed E-state index contributed by atoms with van der Waals surface area (Å²) in [7, 11) is 0. The van der Waals surface area contributed by atoms with Gasteiger partial charge in [0.1, 0.15) is 5.75 Å². The number of nitrogens with one attached hydrogen (secondary N) is 1. The van der Waals surface area contributed by atoms with E-state index in [1.165, 1.54) is 16.8 Å². The molecule has 0 unspecified atom stereocenters. The summed E-state index contributed by atoms with van der Waals surface area (Å²) in [5.41, 5.74) is -0.0666. The SMILES string of the molecule is CCOc1ccc(-c2nnc(SCC(=O)Nc3cccc(C(F)(F)F)c3)n2N)cc1. The van der Waals surface area contributed by atoms with Crippen molar-refractivity contribution in [3.63, 3.8) is 0 Å². The second-order valence-corrected chi connectivity index (χ2v) is 6.99. The average molecular weight is 437 g/mol. The van der Waals surface area contributed by atoms with Crippen molar-refractivity contribution in [2.75, 3.05) is 23.5 Å². The van der Waals surface area contributed by atoms with Crippen LogP contribution in [0.2, 0.25) is 0 Å². The van der Waals surface area contributed by atoms with Crippen LogP contribution in [-0.2, 0) is 11.0 Å². The Hall–Kier alpha value is -3.21. The van der Waals surface area contributed by atoms with Crippen LogP contribution in [0.4, 0.5) is 18.9 Å². The maximum atomic E-state index is 12.8. The number of nitrogen functional groups attached to an aromatic ring is 1. The van der Waals surface area contributed by atoms with Crippen molar-refractivity contribution in [2.24, 2.45) is 0 Å². The lowest BCUT2D eigenvalue weighted by molar-refractivity contribution is -0.137. The first kappa shape index (κ1) is 21.5. The Bertz CT molecular complexity index is 1020. The zero-order chi connectivity index (χ0) is 21.7. The third kappa shape index (κ3) is 5.23. The normalized spacial score (nSPS) is 11.3. The smallest absolute Gasteiger partial charge is 0.416 e. The number of alkyl halides is 3. The summed E-state index contributed by atoms with van der Waals surface area (Å²) < 4.78 is 44.9. The van der Waals surface area contributed by atoms with E-state index in [9.17, 15) is 18.0 Å². The molecule has 158 valence electrons. The second kappa shape index (κ2) is 9.08. The molecule has 0 saturated heterocycles. The largest absolute Gasteiger partial charge is 0.494 e. The summed E-state index contributed by atoms with van der Waals surface area (Å²) in [6.07, 6.45) is -4.48. The first-order chi connectivity index (χ1) is 14.3. The molecule has 11 heteroatoms. The quantitative estimate of drug-likeness (QED) is 0.431. The number of nitrogens with two attached hydrogens (primary N) is 1. The van der Waals surface area contributed by atoms with Crippen LogP contribution in [0.5, 0.6) is 5.75 Å². The lowest BCUT2D eigenvalue weighted by Crippen LogP contribution is -2.17. The minimum Gasteiger partial charge on any atom is -0.494 e. The fourth-order valence-electron chi connectivity index (χ4n) is 2.54. The predicted octanol–water partition coefficient (Wildman–Crippen LogP) is 3.81. The number of halogens is 3. The number of ether oxygens (including phenoxy) is 1. The van der Waals surface area contributed by atoms with Gasteiger partial charge in [-0.1, -0.05) is 17.8 Å². The number of hydrogen-bond acceptors (Lipinski definition) is 6. The average Bonchev–Trinajstić information content (AvgIpc) is 3.07. The van der Waals surface area contributed by atoms with E-state index in [-0.39, 0.29) is 16.6 Å². The number of carbonyl (C=O) groups is 1. The van der Waals surface area contributed by atoms with Crippen LogP contribution in [0.15, 0.2) is 53.7 Å². The Morgan fingerprint density at radius 2 is 1.93 bits per heavy atom. The Balaban J connectivity index is 1.62. The molecule has 30 heavy (non-hydrogen) atoms. The summed E-state index contributed by atoms with van der Waals surface area (Å²) in [4.78, 5) is 12.1. The standard InChI is InChI=1S/C19H18F3N5O2S/c1-2-29-15-8-6-12(7-9-15)17-25-26-18(27(17)23)30-11-16(28)24-14-5-3-4-13(10-14)19(20,21)22/h3-10H,2,11,23H2,1H3,(H,24,28). The molecule has 2 aromatic carbocycles. The molecule has 0 aliphatic carbocycles. The summed E-state index contributed by atoms with van der Waals surface area (Å²) in [6.45, 7) is 2.44. The maximum Gasteiger partial charge on any atom is 0.416 e. The molecule has 0 bridgehead atoms. The van der Waals surface area contributed by atoms with E-state index in [1.807, 2.05) is 6.92 Å². The summed E-state index contributed by atoms with van der Waals surface area (Å²) in [5.74, 6) is 6.54. The van der Waals surface area contributed by atoms with Gasteiger partial charge in [-0.15, -0.1) is 10.2 Å². The monoisotopic (exact) mass is 437 g/mol. The number of benzene rings is 2. The molecule has 0 saturated carbocycles. The van der Waals surface area contributed by atoms with Gasteiger partial charge in [0.05, 0.1) is 17.9 Å². The number of amides is 1. The molecular formula is C19H18F3N5O2S. The molecule has 0 atom stereocenters. The number of aromatic nitrogens is 3. The molecule has 3 aromatic rings. The van der Waals surface area contributed by atoms with Gasteiger partial charge in [0.2, 0.25) is 11.1 Å². The van der Waals surface area contributed by atoms with Gasteiger partial charge >= 0.3 is 6.18 Å². The van der Waals surface area contributed by atoms with Gasteiger partial charge in [-0.3, -0.25) is 4.79 Å². The fraction of sp³-hybridized carbons (Fsp3) is 0.211. The van der Waals surface area contributed by atoms with Gasteiger partial charge in [-0.25, -0.2) is 4.68 Å². The molecule has 0 aliphatic heterocycles. The van der Waals surface area contributed by atoms with Crippen LogP contribution in [0.1, 0.15) is 12.5 Å². The Morgan fingerprint density at radius 3 is 2.60 bits per heavy atom. The maximum absolute atomic E-state index is 12.8. The number of hydrogen-bond donors (Lipinski definition) is 2. The number of nitrogens with zero attached hydrogens (tertiary/aromatic N) is 3. The van der Waals surface area contributed by atoms with E-state index >= 15 is 0 Å². The Kier molecular flexibility index (Phi) is 6.50.